The van der Waals surface area contributed by atoms with E-state index in [-0.39, 0.29) is 17.2 Å². The Hall–Kier alpha value is -1.33. The van der Waals surface area contributed by atoms with Crippen molar-refractivity contribution < 1.29 is 4.39 Å². The first kappa shape index (κ1) is 12.1. The van der Waals surface area contributed by atoms with E-state index in [1.165, 1.54) is 6.07 Å². The van der Waals surface area contributed by atoms with Crippen LogP contribution in [-0.2, 0) is 5.75 Å². The van der Waals surface area contributed by atoms with E-state index in [2.05, 4.69) is 0 Å². The monoisotopic (exact) mass is 266 g/mol. The van der Waals surface area contributed by atoms with Gasteiger partial charge in [-0.15, -0.1) is 23.1 Å². The smallest absolute Gasteiger partial charge is 0.138 e. The molecule has 0 saturated heterocycles. The molecule has 0 fully saturated rings. The van der Waals surface area contributed by atoms with E-state index in [1.54, 1.807) is 35.2 Å². The van der Waals surface area contributed by atoms with E-state index < -0.39 is 0 Å². The Morgan fingerprint density at radius 3 is 2.82 bits per heavy atom. The Morgan fingerprint density at radius 1 is 1.35 bits per heavy atom. The number of rotatable bonds is 4. The van der Waals surface area contributed by atoms with E-state index >= 15 is 0 Å². The Balaban J connectivity index is 2.16. The minimum atomic E-state index is -0.385. The predicted octanol–water partition coefficient (Wildman–Crippen LogP) is 3.46. The first-order valence-corrected chi connectivity index (χ1v) is 6.83. The lowest BCUT2D eigenvalue weighted by molar-refractivity contribution is 0.614. The van der Waals surface area contributed by atoms with Crippen LogP contribution in [-0.4, -0.2) is 5.84 Å². The molecule has 1 heterocycles. The standard InChI is InChI=1S/C12H11FN2S2/c13-11-8(3-1-4-9(11)12(14)15)7-17-10-5-2-6-16-10/h1-6H,7H2,(H3,14,15). The fraction of sp³-hybridized carbons (Fsp3) is 0.0833. The number of thiophene rings is 1. The number of amidine groups is 1. The van der Waals surface area contributed by atoms with Gasteiger partial charge in [-0.1, -0.05) is 18.2 Å². The second-order valence-corrected chi connectivity index (χ2v) is 5.64. The van der Waals surface area contributed by atoms with Crippen LogP contribution in [0, 0.1) is 11.2 Å². The molecule has 0 radical (unpaired) electrons. The molecule has 0 spiro atoms. The van der Waals surface area contributed by atoms with Crippen molar-refractivity contribution in [3.8, 4) is 0 Å². The topological polar surface area (TPSA) is 49.9 Å². The molecule has 2 aromatic rings. The molecule has 0 amide bonds. The number of thioether (sulfide) groups is 1. The van der Waals surface area contributed by atoms with E-state index in [0.717, 1.165) is 4.21 Å². The van der Waals surface area contributed by atoms with Crippen molar-refractivity contribution in [2.24, 2.45) is 5.73 Å². The van der Waals surface area contributed by atoms with Gasteiger partial charge in [-0.05, 0) is 23.1 Å². The lowest BCUT2D eigenvalue weighted by atomic mass is 10.1. The molecule has 1 aromatic carbocycles. The van der Waals surface area contributed by atoms with Crippen LogP contribution in [0.15, 0.2) is 39.9 Å². The van der Waals surface area contributed by atoms with Gasteiger partial charge in [0.15, 0.2) is 0 Å². The third kappa shape index (κ3) is 2.87. The minimum absolute atomic E-state index is 0.175. The van der Waals surface area contributed by atoms with Crippen LogP contribution in [0.3, 0.4) is 0 Å². The van der Waals surface area contributed by atoms with Crippen molar-refractivity contribution >= 4 is 28.9 Å². The van der Waals surface area contributed by atoms with Crippen LogP contribution >= 0.6 is 23.1 Å². The molecule has 0 bridgehead atoms. The Bertz CT molecular complexity index is 523. The highest BCUT2D eigenvalue weighted by atomic mass is 32.2. The molecule has 0 atom stereocenters. The summed E-state index contributed by atoms with van der Waals surface area (Å²) in [7, 11) is 0. The van der Waals surface area contributed by atoms with Crippen LogP contribution < -0.4 is 5.73 Å². The maximum atomic E-state index is 13.9. The molecule has 17 heavy (non-hydrogen) atoms. The zero-order chi connectivity index (χ0) is 12.3. The third-order valence-corrected chi connectivity index (χ3v) is 4.41. The van der Waals surface area contributed by atoms with Crippen LogP contribution in [0.4, 0.5) is 4.39 Å². The summed E-state index contributed by atoms with van der Waals surface area (Å²) in [6.07, 6.45) is 0. The second-order valence-electron chi connectivity index (χ2n) is 3.41. The van der Waals surface area contributed by atoms with Crippen molar-refractivity contribution in [3.05, 3.63) is 52.7 Å². The highest BCUT2D eigenvalue weighted by molar-refractivity contribution is 8.00. The highest BCUT2D eigenvalue weighted by Crippen LogP contribution is 2.28. The van der Waals surface area contributed by atoms with Crippen LogP contribution in [0.25, 0.3) is 0 Å². The fourth-order valence-electron chi connectivity index (χ4n) is 1.39. The van der Waals surface area contributed by atoms with Gasteiger partial charge in [0.2, 0.25) is 0 Å². The summed E-state index contributed by atoms with van der Waals surface area (Å²) in [5, 5.41) is 9.27. The van der Waals surface area contributed by atoms with Gasteiger partial charge in [-0.3, -0.25) is 5.41 Å². The van der Waals surface area contributed by atoms with Gasteiger partial charge in [-0.2, -0.15) is 0 Å². The third-order valence-electron chi connectivity index (χ3n) is 2.23. The molecular formula is C12H11FN2S2. The molecule has 0 aliphatic heterocycles. The molecule has 1 aromatic heterocycles. The summed E-state index contributed by atoms with van der Waals surface area (Å²) in [6.45, 7) is 0. The van der Waals surface area contributed by atoms with Crippen LogP contribution in [0.2, 0.25) is 0 Å². The molecule has 5 heteroatoms. The van der Waals surface area contributed by atoms with Gasteiger partial charge >= 0.3 is 0 Å². The van der Waals surface area contributed by atoms with Gasteiger partial charge in [0.05, 0.1) is 9.77 Å². The van der Waals surface area contributed by atoms with Crippen molar-refractivity contribution in [3.63, 3.8) is 0 Å². The van der Waals surface area contributed by atoms with Crippen molar-refractivity contribution in [1.82, 2.24) is 0 Å². The summed E-state index contributed by atoms with van der Waals surface area (Å²) < 4.78 is 15.1. The van der Waals surface area contributed by atoms with E-state index in [0.29, 0.717) is 11.3 Å². The summed E-state index contributed by atoms with van der Waals surface area (Å²) in [6, 6.07) is 8.95. The number of halogens is 1. The average Bonchev–Trinajstić information content (AvgIpc) is 2.80. The van der Waals surface area contributed by atoms with E-state index in [1.807, 2.05) is 17.5 Å². The first-order valence-electron chi connectivity index (χ1n) is 4.96. The molecule has 2 rings (SSSR count). The SMILES string of the molecule is N=C(N)c1cccc(CSc2cccs2)c1F. The van der Waals surface area contributed by atoms with Crippen molar-refractivity contribution in [1.29, 1.82) is 5.41 Å². The number of hydrogen-bond acceptors (Lipinski definition) is 3. The lowest BCUT2D eigenvalue weighted by Gasteiger charge is -2.06. The number of nitrogens with one attached hydrogen (secondary N) is 1. The maximum Gasteiger partial charge on any atom is 0.138 e. The molecule has 0 aliphatic carbocycles. The Labute approximate surface area is 107 Å². The van der Waals surface area contributed by atoms with Crippen LogP contribution in [0.5, 0.6) is 0 Å². The van der Waals surface area contributed by atoms with Crippen LogP contribution in [0.1, 0.15) is 11.1 Å². The zero-order valence-electron chi connectivity index (χ0n) is 8.94. The lowest BCUT2D eigenvalue weighted by Crippen LogP contribution is -2.14. The van der Waals surface area contributed by atoms with E-state index in [9.17, 15) is 4.39 Å². The fourth-order valence-corrected chi connectivity index (χ4v) is 3.15. The largest absolute Gasteiger partial charge is 0.384 e. The minimum Gasteiger partial charge on any atom is -0.384 e. The summed E-state index contributed by atoms with van der Waals surface area (Å²) >= 11 is 3.21. The maximum absolute atomic E-state index is 13.9. The molecule has 2 nitrogen and oxygen atoms in total. The van der Waals surface area contributed by atoms with Gasteiger partial charge in [0, 0.05) is 5.75 Å². The molecular weight excluding hydrogens is 255 g/mol. The molecule has 0 unspecified atom stereocenters. The summed E-state index contributed by atoms with van der Waals surface area (Å²) in [5.41, 5.74) is 6.07. The molecule has 0 saturated carbocycles. The zero-order valence-corrected chi connectivity index (χ0v) is 10.6. The second kappa shape index (κ2) is 5.33. The van der Waals surface area contributed by atoms with Crippen molar-refractivity contribution in [2.45, 2.75) is 9.96 Å². The average molecular weight is 266 g/mol. The Kier molecular flexibility index (Phi) is 3.81. The van der Waals surface area contributed by atoms with Gasteiger partial charge in [0.25, 0.3) is 0 Å². The quantitative estimate of drug-likeness (QED) is 0.506. The molecule has 3 N–H and O–H groups in total. The number of nitrogens with two attached hydrogens (primary N) is 1. The predicted molar refractivity (Wildman–Crippen MR) is 71.3 cm³/mol. The van der Waals surface area contributed by atoms with E-state index in [4.69, 9.17) is 11.1 Å². The van der Waals surface area contributed by atoms with Crippen molar-refractivity contribution in [2.75, 3.05) is 0 Å². The highest BCUT2D eigenvalue weighted by Gasteiger charge is 2.10. The molecule has 88 valence electrons. The molecule has 0 aliphatic rings. The first-order chi connectivity index (χ1) is 8.18. The number of hydrogen-bond donors (Lipinski definition) is 2. The Morgan fingerprint density at radius 2 is 2.18 bits per heavy atom. The van der Waals surface area contributed by atoms with Gasteiger partial charge in [0.1, 0.15) is 11.7 Å². The normalized spacial score (nSPS) is 10.4. The van der Waals surface area contributed by atoms with Gasteiger partial charge in [-0.25, -0.2) is 4.39 Å². The summed E-state index contributed by atoms with van der Waals surface area (Å²) in [4.78, 5) is 0. The number of nitrogen functional groups attached to an aromatic ring is 1. The van der Waals surface area contributed by atoms with Gasteiger partial charge < -0.3 is 5.73 Å². The summed E-state index contributed by atoms with van der Waals surface area (Å²) in [5.74, 6) is -0.0671. The number of benzene rings is 1.